The van der Waals surface area contributed by atoms with Gasteiger partial charge in [0.25, 0.3) is 0 Å². The van der Waals surface area contributed by atoms with Crippen LogP contribution in [0.5, 0.6) is 5.75 Å². The van der Waals surface area contributed by atoms with Crippen LogP contribution in [0.4, 0.5) is 4.39 Å². The summed E-state index contributed by atoms with van der Waals surface area (Å²) in [5.74, 6) is -1.65. The Morgan fingerprint density at radius 3 is 2.59 bits per heavy atom. The predicted molar refractivity (Wildman–Crippen MR) is 81.3 cm³/mol. The minimum absolute atomic E-state index is 0.0108. The van der Waals surface area contributed by atoms with Crippen LogP contribution in [0.2, 0.25) is 5.02 Å². The molecule has 0 saturated carbocycles. The third-order valence-electron chi connectivity index (χ3n) is 3.12. The first kappa shape index (κ1) is 18.4. The van der Waals surface area contributed by atoms with Crippen LogP contribution in [0.25, 0.3) is 0 Å². The largest absolute Gasteiger partial charge is 0.465 e. The smallest absolute Gasteiger partial charge is 0.311 e. The Balaban J connectivity index is 2.30. The summed E-state index contributed by atoms with van der Waals surface area (Å²) in [5.41, 5.74) is 0. The zero-order valence-corrected chi connectivity index (χ0v) is 13.5. The molecular weight excluding hydrogens is 311 g/mol. The lowest BCUT2D eigenvalue weighted by molar-refractivity contribution is -0.145. The van der Waals surface area contributed by atoms with Crippen molar-refractivity contribution in [2.45, 2.75) is 39.5 Å². The van der Waals surface area contributed by atoms with Gasteiger partial charge in [0.2, 0.25) is 0 Å². The molecule has 0 fully saturated rings. The van der Waals surface area contributed by atoms with E-state index < -0.39 is 11.8 Å². The van der Waals surface area contributed by atoms with Crippen LogP contribution in [0.3, 0.4) is 0 Å². The highest BCUT2D eigenvalue weighted by atomic mass is 35.5. The molecule has 22 heavy (non-hydrogen) atoms. The zero-order chi connectivity index (χ0) is 16.5. The lowest BCUT2D eigenvalue weighted by Crippen LogP contribution is -2.13. The van der Waals surface area contributed by atoms with Crippen molar-refractivity contribution in [3.63, 3.8) is 0 Å². The summed E-state index contributed by atoms with van der Waals surface area (Å²) in [7, 11) is 0. The van der Waals surface area contributed by atoms with E-state index >= 15 is 0 Å². The maximum Gasteiger partial charge on any atom is 0.311 e. The Morgan fingerprint density at radius 1 is 1.27 bits per heavy atom. The molecule has 0 heterocycles. The Kier molecular flexibility index (Phi) is 7.88. The van der Waals surface area contributed by atoms with Crippen LogP contribution < -0.4 is 4.74 Å². The van der Waals surface area contributed by atoms with Crippen molar-refractivity contribution in [3.8, 4) is 5.75 Å². The number of benzene rings is 1. The first-order chi connectivity index (χ1) is 10.4. The van der Waals surface area contributed by atoms with Gasteiger partial charge in [-0.3, -0.25) is 9.59 Å². The Bertz CT molecular complexity index is 499. The molecule has 1 aromatic rings. The second kappa shape index (κ2) is 9.41. The fourth-order valence-electron chi connectivity index (χ4n) is 1.55. The fourth-order valence-corrected chi connectivity index (χ4v) is 1.75. The fraction of sp³-hybridized carbons (Fsp3) is 0.500. The van der Waals surface area contributed by atoms with Crippen molar-refractivity contribution in [2.75, 3.05) is 6.61 Å². The molecule has 0 amide bonds. The topological polar surface area (TPSA) is 52.6 Å². The molecule has 0 aliphatic rings. The number of esters is 2. The molecule has 1 aromatic carbocycles. The standard InChI is InChI=1S/C16H20ClFO4/c1-3-11(2)10-21-14(19)8-5-9-15(20)22-16-12(17)6-4-7-13(16)18/h4,6-7,11H,3,5,8-10H2,1-2H3. The molecule has 0 aromatic heterocycles. The molecule has 4 nitrogen and oxygen atoms in total. The SMILES string of the molecule is CCC(C)COC(=O)CCCC(=O)Oc1c(F)cccc1Cl. The summed E-state index contributed by atoms with van der Waals surface area (Å²) >= 11 is 5.75. The molecule has 1 atom stereocenters. The summed E-state index contributed by atoms with van der Waals surface area (Å²) < 4.78 is 23.4. The first-order valence-corrected chi connectivity index (χ1v) is 7.62. The van der Waals surface area contributed by atoms with E-state index in [4.69, 9.17) is 21.1 Å². The molecule has 0 N–H and O–H groups in total. The number of para-hydroxylation sites is 1. The lowest BCUT2D eigenvalue weighted by Gasteiger charge is -2.09. The Hall–Kier alpha value is -1.62. The second-order valence-corrected chi connectivity index (χ2v) is 5.48. The minimum Gasteiger partial charge on any atom is -0.465 e. The van der Waals surface area contributed by atoms with Gasteiger partial charge in [-0.15, -0.1) is 0 Å². The molecular formula is C16H20ClFO4. The van der Waals surface area contributed by atoms with Crippen molar-refractivity contribution >= 4 is 23.5 Å². The van der Waals surface area contributed by atoms with Gasteiger partial charge in [0.1, 0.15) is 0 Å². The van der Waals surface area contributed by atoms with Crippen LogP contribution in [0, 0.1) is 11.7 Å². The third kappa shape index (κ3) is 6.43. The van der Waals surface area contributed by atoms with E-state index in [2.05, 4.69) is 0 Å². The van der Waals surface area contributed by atoms with Crippen molar-refractivity contribution in [2.24, 2.45) is 5.92 Å². The van der Waals surface area contributed by atoms with Gasteiger partial charge in [0.15, 0.2) is 11.6 Å². The highest BCUT2D eigenvalue weighted by Crippen LogP contribution is 2.27. The van der Waals surface area contributed by atoms with Crippen LogP contribution in [-0.4, -0.2) is 18.5 Å². The van der Waals surface area contributed by atoms with E-state index in [1.807, 2.05) is 13.8 Å². The number of carbonyl (C=O) groups is 2. The van der Waals surface area contributed by atoms with Gasteiger partial charge in [-0.2, -0.15) is 0 Å². The maximum atomic E-state index is 13.4. The summed E-state index contributed by atoms with van der Waals surface area (Å²) in [6, 6.07) is 4.00. The van der Waals surface area contributed by atoms with E-state index in [1.165, 1.54) is 12.1 Å². The molecule has 0 bridgehead atoms. The van der Waals surface area contributed by atoms with Gasteiger partial charge in [-0.25, -0.2) is 4.39 Å². The number of hydrogen-bond acceptors (Lipinski definition) is 4. The first-order valence-electron chi connectivity index (χ1n) is 7.24. The van der Waals surface area contributed by atoms with Gasteiger partial charge in [0.05, 0.1) is 11.6 Å². The van der Waals surface area contributed by atoms with Gasteiger partial charge in [-0.05, 0) is 24.5 Å². The zero-order valence-electron chi connectivity index (χ0n) is 12.7. The van der Waals surface area contributed by atoms with Crippen LogP contribution >= 0.6 is 11.6 Å². The minimum atomic E-state index is -0.700. The van der Waals surface area contributed by atoms with E-state index in [-0.39, 0.29) is 36.0 Å². The van der Waals surface area contributed by atoms with E-state index in [0.29, 0.717) is 12.5 Å². The van der Waals surface area contributed by atoms with Crippen LogP contribution in [0.15, 0.2) is 18.2 Å². The molecule has 0 spiro atoms. The number of ether oxygens (including phenoxy) is 2. The Morgan fingerprint density at radius 2 is 1.95 bits per heavy atom. The summed E-state index contributed by atoms with van der Waals surface area (Å²) in [6.45, 7) is 4.38. The summed E-state index contributed by atoms with van der Waals surface area (Å²) in [5, 5.41) is 0.0290. The molecule has 0 radical (unpaired) electrons. The average Bonchev–Trinajstić information content (AvgIpc) is 2.48. The molecule has 1 rings (SSSR count). The summed E-state index contributed by atoms with van der Waals surface area (Å²) in [4.78, 5) is 23.1. The van der Waals surface area contributed by atoms with Crippen molar-refractivity contribution in [3.05, 3.63) is 29.0 Å². The average molecular weight is 331 g/mol. The third-order valence-corrected chi connectivity index (χ3v) is 3.42. The highest BCUT2D eigenvalue weighted by molar-refractivity contribution is 6.32. The molecule has 0 aliphatic heterocycles. The van der Waals surface area contributed by atoms with E-state index in [9.17, 15) is 14.0 Å². The second-order valence-electron chi connectivity index (χ2n) is 5.07. The predicted octanol–water partition coefficient (Wildman–Crippen LogP) is 4.14. The number of halogens is 2. The molecule has 6 heteroatoms. The lowest BCUT2D eigenvalue weighted by atomic mass is 10.1. The van der Waals surface area contributed by atoms with Crippen molar-refractivity contribution in [1.29, 1.82) is 0 Å². The number of rotatable bonds is 8. The van der Waals surface area contributed by atoms with Gasteiger partial charge < -0.3 is 9.47 Å². The van der Waals surface area contributed by atoms with Gasteiger partial charge >= 0.3 is 11.9 Å². The monoisotopic (exact) mass is 330 g/mol. The van der Waals surface area contributed by atoms with Crippen LogP contribution in [-0.2, 0) is 14.3 Å². The summed E-state index contributed by atoms with van der Waals surface area (Å²) in [6.07, 6.45) is 1.33. The Labute approximate surface area is 134 Å². The molecule has 1 unspecified atom stereocenters. The number of hydrogen-bond donors (Lipinski definition) is 0. The van der Waals surface area contributed by atoms with E-state index in [0.717, 1.165) is 12.5 Å². The van der Waals surface area contributed by atoms with Gasteiger partial charge in [0, 0.05) is 12.8 Å². The molecule has 122 valence electrons. The normalized spacial score (nSPS) is 11.8. The number of carbonyl (C=O) groups excluding carboxylic acids is 2. The van der Waals surface area contributed by atoms with E-state index in [1.54, 1.807) is 0 Å². The van der Waals surface area contributed by atoms with Crippen molar-refractivity contribution in [1.82, 2.24) is 0 Å². The van der Waals surface area contributed by atoms with Gasteiger partial charge in [-0.1, -0.05) is 37.9 Å². The highest BCUT2D eigenvalue weighted by Gasteiger charge is 2.14. The maximum absolute atomic E-state index is 13.4. The molecule has 0 saturated heterocycles. The quantitative estimate of drug-likeness (QED) is 0.531. The molecule has 0 aliphatic carbocycles. The van der Waals surface area contributed by atoms with Crippen molar-refractivity contribution < 1.29 is 23.5 Å². The van der Waals surface area contributed by atoms with Crippen LogP contribution in [0.1, 0.15) is 39.5 Å².